The zero-order valence-corrected chi connectivity index (χ0v) is 13.5. The van der Waals surface area contributed by atoms with Gasteiger partial charge in [-0.25, -0.2) is 12.8 Å². The molecule has 0 spiro atoms. The summed E-state index contributed by atoms with van der Waals surface area (Å²) in [5.41, 5.74) is 1.63. The first-order chi connectivity index (χ1) is 9.75. The molecule has 0 aliphatic heterocycles. The fourth-order valence-corrected chi connectivity index (χ4v) is 3.61. The number of rotatable bonds is 4. The third-order valence-corrected chi connectivity index (χ3v) is 4.94. The molecule has 21 heavy (non-hydrogen) atoms. The molecule has 1 aromatic rings. The average molecular weight is 311 g/mol. The van der Waals surface area contributed by atoms with Crippen LogP contribution in [-0.2, 0) is 9.84 Å². The summed E-state index contributed by atoms with van der Waals surface area (Å²) >= 11 is 0. The second kappa shape index (κ2) is 6.18. The van der Waals surface area contributed by atoms with E-state index in [1.54, 1.807) is 0 Å². The molecule has 0 saturated carbocycles. The highest BCUT2D eigenvalue weighted by atomic mass is 32.2. The van der Waals surface area contributed by atoms with E-state index in [9.17, 15) is 12.8 Å². The topological polar surface area (TPSA) is 46.2 Å². The maximum absolute atomic E-state index is 13.8. The molecule has 0 aromatic heterocycles. The molecule has 1 aliphatic carbocycles. The van der Waals surface area contributed by atoms with Crippen LogP contribution in [0.25, 0.3) is 0 Å². The molecule has 3 nitrogen and oxygen atoms in total. The lowest BCUT2D eigenvalue weighted by Gasteiger charge is -2.26. The second-order valence-electron chi connectivity index (χ2n) is 6.09. The van der Waals surface area contributed by atoms with Crippen LogP contribution in [-0.4, -0.2) is 21.2 Å². The van der Waals surface area contributed by atoms with Crippen LogP contribution < -0.4 is 5.32 Å². The van der Waals surface area contributed by atoms with Crippen LogP contribution in [0.4, 0.5) is 10.1 Å². The highest BCUT2D eigenvalue weighted by molar-refractivity contribution is 7.90. The lowest BCUT2D eigenvalue weighted by atomic mass is 9.84. The van der Waals surface area contributed by atoms with E-state index in [4.69, 9.17) is 0 Å². The molecular formula is C16H22FNO2S. The molecular weight excluding hydrogens is 289 g/mol. The Morgan fingerprint density at radius 3 is 2.71 bits per heavy atom. The second-order valence-corrected chi connectivity index (χ2v) is 8.11. The van der Waals surface area contributed by atoms with Crippen LogP contribution in [0.15, 0.2) is 34.7 Å². The Morgan fingerprint density at radius 1 is 1.38 bits per heavy atom. The SMILES string of the molecule is CC1=CC(C)CC(CNc2cc(S(C)(=O)=O)ccc2F)C1. The highest BCUT2D eigenvalue weighted by Crippen LogP contribution is 2.28. The fraction of sp³-hybridized carbons (Fsp3) is 0.500. The van der Waals surface area contributed by atoms with E-state index >= 15 is 0 Å². The number of sulfone groups is 1. The molecule has 116 valence electrons. The van der Waals surface area contributed by atoms with E-state index in [2.05, 4.69) is 25.2 Å². The van der Waals surface area contributed by atoms with Crippen molar-refractivity contribution in [3.8, 4) is 0 Å². The molecule has 2 rings (SSSR count). The maximum atomic E-state index is 13.8. The molecule has 0 bridgehead atoms. The molecule has 2 atom stereocenters. The van der Waals surface area contributed by atoms with Crippen LogP contribution >= 0.6 is 0 Å². The van der Waals surface area contributed by atoms with Crippen LogP contribution in [0.5, 0.6) is 0 Å². The van der Waals surface area contributed by atoms with Crippen molar-refractivity contribution in [3.63, 3.8) is 0 Å². The first-order valence-corrected chi connectivity index (χ1v) is 9.05. The molecule has 0 fully saturated rings. The number of anilines is 1. The summed E-state index contributed by atoms with van der Waals surface area (Å²) in [7, 11) is -3.32. The third-order valence-electron chi connectivity index (χ3n) is 3.83. The molecule has 1 N–H and O–H groups in total. The number of hydrogen-bond acceptors (Lipinski definition) is 3. The van der Waals surface area contributed by atoms with Gasteiger partial charge in [-0.1, -0.05) is 18.6 Å². The Hall–Kier alpha value is -1.36. The Balaban J connectivity index is 2.08. The summed E-state index contributed by atoms with van der Waals surface area (Å²) in [5, 5.41) is 3.07. The highest BCUT2D eigenvalue weighted by Gasteiger charge is 2.18. The zero-order valence-electron chi connectivity index (χ0n) is 12.7. The fourth-order valence-electron chi connectivity index (χ4n) is 2.97. The number of halogens is 1. The molecule has 1 aromatic carbocycles. The predicted octanol–water partition coefficient (Wildman–Crippen LogP) is 3.63. The van der Waals surface area contributed by atoms with Gasteiger partial charge in [-0.05, 0) is 49.8 Å². The Bertz CT molecular complexity index is 652. The van der Waals surface area contributed by atoms with Gasteiger partial charge in [0.1, 0.15) is 5.82 Å². The van der Waals surface area contributed by atoms with Crippen LogP contribution in [0.2, 0.25) is 0 Å². The van der Waals surface area contributed by atoms with Gasteiger partial charge < -0.3 is 5.32 Å². The van der Waals surface area contributed by atoms with Crippen molar-refractivity contribution in [1.82, 2.24) is 0 Å². The van der Waals surface area contributed by atoms with E-state index in [0.717, 1.165) is 19.1 Å². The lowest BCUT2D eigenvalue weighted by Crippen LogP contribution is -2.20. The predicted molar refractivity (Wildman–Crippen MR) is 83.6 cm³/mol. The van der Waals surface area contributed by atoms with E-state index in [0.29, 0.717) is 18.4 Å². The van der Waals surface area contributed by atoms with Crippen molar-refractivity contribution in [1.29, 1.82) is 0 Å². The monoisotopic (exact) mass is 311 g/mol. The normalized spacial score (nSPS) is 22.8. The minimum absolute atomic E-state index is 0.138. The number of benzene rings is 1. The Labute approximate surface area is 126 Å². The van der Waals surface area contributed by atoms with Gasteiger partial charge in [0.05, 0.1) is 10.6 Å². The van der Waals surface area contributed by atoms with Gasteiger partial charge in [0.15, 0.2) is 9.84 Å². The third kappa shape index (κ3) is 4.30. The van der Waals surface area contributed by atoms with Gasteiger partial charge in [-0.2, -0.15) is 0 Å². The summed E-state index contributed by atoms with van der Waals surface area (Å²) in [6.45, 7) is 4.95. The van der Waals surface area contributed by atoms with Crippen molar-refractivity contribution in [2.24, 2.45) is 11.8 Å². The molecule has 0 amide bonds. The van der Waals surface area contributed by atoms with E-state index in [-0.39, 0.29) is 10.6 Å². The summed E-state index contributed by atoms with van der Waals surface area (Å²) in [5.74, 6) is 0.572. The minimum Gasteiger partial charge on any atom is -0.382 e. The van der Waals surface area contributed by atoms with Crippen LogP contribution in [0.1, 0.15) is 26.7 Å². The van der Waals surface area contributed by atoms with Crippen molar-refractivity contribution in [2.45, 2.75) is 31.6 Å². The van der Waals surface area contributed by atoms with Gasteiger partial charge >= 0.3 is 0 Å². The summed E-state index contributed by atoms with van der Waals surface area (Å²) in [4.78, 5) is 0.138. The first kappa shape index (κ1) is 16.0. The van der Waals surface area contributed by atoms with Crippen molar-refractivity contribution < 1.29 is 12.8 Å². The largest absolute Gasteiger partial charge is 0.382 e. The Morgan fingerprint density at radius 2 is 2.10 bits per heavy atom. The van der Waals surface area contributed by atoms with Crippen molar-refractivity contribution >= 4 is 15.5 Å². The number of nitrogens with one attached hydrogen (secondary N) is 1. The summed E-state index contributed by atoms with van der Waals surface area (Å²) in [6.07, 6.45) is 5.48. The molecule has 2 unspecified atom stereocenters. The molecule has 1 aliphatic rings. The lowest BCUT2D eigenvalue weighted by molar-refractivity contribution is 0.420. The molecule has 0 heterocycles. The summed E-state index contributed by atoms with van der Waals surface area (Å²) < 4.78 is 36.9. The first-order valence-electron chi connectivity index (χ1n) is 7.16. The summed E-state index contributed by atoms with van der Waals surface area (Å²) in [6, 6.07) is 3.87. The van der Waals surface area contributed by atoms with Gasteiger partial charge in [-0.3, -0.25) is 0 Å². The van der Waals surface area contributed by atoms with Crippen LogP contribution in [0, 0.1) is 17.7 Å². The van der Waals surface area contributed by atoms with E-state index in [1.807, 2.05) is 0 Å². The molecule has 0 saturated heterocycles. The standard InChI is InChI=1S/C16H22FNO2S/c1-11-6-12(2)8-13(7-11)10-18-16-9-14(21(3,19)20)4-5-15(16)17/h4-6,9,11,13,18H,7-8,10H2,1-3H3. The molecule has 0 radical (unpaired) electrons. The van der Waals surface area contributed by atoms with Gasteiger partial charge in [0.2, 0.25) is 0 Å². The smallest absolute Gasteiger partial charge is 0.175 e. The van der Waals surface area contributed by atoms with Crippen molar-refractivity contribution in [2.75, 3.05) is 18.1 Å². The van der Waals surface area contributed by atoms with Gasteiger partial charge in [0, 0.05) is 12.8 Å². The molecule has 5 heteroatoms. The van der Waals surface area contributed by atoms with E-state index < -0.39 is 15.7 Å². The number of allylic oxidation sites excluding steroid dienone is 2. The van der Waals surface area contributed by atoms with Crippen LogP contribution in [0.3, 0.4) is 0 Å². The average Bonchev–Trinajstić information content (AvgIpc) is 2.35. The van der Waals surface area contributed by atoms with Gasteiger partial charge in [-0.15, -0.1) is 0 Å². The number of hydrogen-bond donors (Lipinski definition) is 1. The zero-order chi connectivity index (χ0) is 15.6. The van der Waals surface area contributed by atoms with Crippen molar-refractivity contribution in [3.05, 3.63) is 35.7 Å². The maximum Gasteiger partial charge on any atom is 0.175 e. The van der Waals surface area contributed by atoms with Gasteiger partial charge in [0.25, 0.3) is 0 Å². The quantitative estimate of drug-likeness (QED) is 0.682. The Kier molecular flexibility index (Phi) is 4.71. The minimum atomic E-state index is -3.32. The van der Waals surface area contributed by atoms with E-state index in [1.165, 1.54) is 23.8 Å².